The Hall–Kier alpha value is -3.19. The second-order valence-corrected chi connectivity index (χ2v) is 10.6. The Morgan fingerprint density at radius 1 is 1.03 bits per heavy atom. The fourth-order valence-corrected chi connectivity index (χ4v) is 5.38. The fourth-order valence-electron chi connectivity index (χ4n) is 4.84. The number of carbonyl (C=O) groups excluding carboxylic acids is 2. The van der Waals surface area contributed by atoms with Gasteiger partial charge in [0.25, 0.3) is 5.91 Å². The third-order valence-corrected chi connectivity index (χ3v) is 7.65. The molecule has 1 atom stereocenters. The zero-order valence-electron chi connectivity index (χ0n) is 21.7. The zero-order valence-corrected chi connectivity index (χ0v) is 23.3. The van der Waals surface area contributed by atoms with E-state index in [9.17, 15) is 14.0 Å². The Kier molecular flexibility index (Phi) is 9.93. The summed E-state index contributed by atoms with van der Waals surface area (Å²) < 4.78 is 21.4. The van der Waals surface area contributed by atoms with E-state index >= 15 is 0 Å². The van der Waals surface area contributed by atoms with Gasteiger partial charge in [-0.3, -0.25) is 9.59 Å². The summed E-state index contributed by atoms with van der Waals surface area (Å²) in [6.07, 6.45) is 5.20. The van der Waals surface area contributed by atoms with Crippen LogP contribution in [0.25, 0.3) is 0 Å². The second-order valence-electron chi connectivity index (χ2n) is 9.72. The minimum Gasteiger partial charge on any atom is -0.483 e. The highest BCUT2D eigenvalue weighted by Crippen LogP contribution is 2.27. The maximum Gasteiger partial charge on any atom is 0.261 e. The van der Waals surface area contributed by atoms with E-state index in [2.05, 4.69) is 28.2 Å². The van der Waals surface area contributed by atoms with Gasteiger partial charge in [0.1, 0.15) is 17.6 Å². The van der Waals surface area contributed by atoms with Crippen molar-refractivity contribution >= 4 is 27.7 Å². The van der Waals surface area contributed by atoms with Crippen LogP contribution in [0, 0.1) is 5.82 Å². The van der Waals surface area contributed by atoms with Gasteiger partial charge in [0.05, 0.1) is 4.47 Å². The van der Waals surface area contributed by atoms with E-state index < -0.39 is 11.9 Å². The van der Waals surface area contributed by atoms with Crippen LogP contribution in [0.15, 0.2) is 77.3 Å². The smallest absolute Gasteiger partial charge is 0.261 e. The largest absolute Gasteiger partial charge is 0.483 e. The summed E-state index contributed by atoms with van der Waals surface area (Å²) in [4.78, 5) is 28.9. The SMILES string of the molecule is CCc1ccc(OCC(=O)N(Cc2ccccc2F)C(Cc2ccccc2)C(=O)NC2CCCC2)c(Br)c1. The minimum absolute atomic E-state index is 0.0413. The standard InChI is InChI=1S/C31H34BrFN2O3/c1-2-22-16-17-29(26(32)18-22)38-21-30(36)35(20-24-12-6-9-15-27(24)33)28(19-23-10-4-3-5-11-23)31(37)34-25-13-7-8-14-25/h3-6,9-12,15-18,25,28H,2,7-8,13-14,19-21H2,1H3,(H,34,37). The van der Waals surface area contributed by atoms with Crippen molar-refractivity contribution in [3.63, 3.8) is 0 Å². The summed E-state index contributed by atoms with van der Waals surface area (Å²) in [6, 6.07) is 21.0. The molecule has 2 amide bonds. The first kappa shape index (κ1) is 27.8. The molecule has 0 aromatic heterocycles. The quantitative estimate of drug-likeness (QED) is 0.292. The Morgan fingerprint density at radius 3 is 2.42 bits per heavy atom. The summed E-state index contributed by atoms with van der Waals surface area (Å²) in [7, 11) is 0. The Labute approximate surface area is 232 Å². The number of halogens is 2. The van der Waals surface area contributed by atoms with Gasteiger partial charge in [0.15, 0.2) is 6.61 Å². The van der Waals surface area contributed by atoms with Crippen LogP contribution < -0.4 is 10.1 Å². The van der Waals surface area contributed by atoms with E-state index in [4.69, 9.17) is 4.74 Å². The van der Waals surface area contributed by atoms with Crippen LogP contribution in [0.4, 0.5) is 4.39 Å². The number of aryl methyl sites for hydroxylation is 1. The molecule has 1 aliphatic rings. The molecule has 3 aromatic rings. The molecular formula is C31H34BrFN2O3. The number of rotatable bonds is 11. The average molecular weight is 582 g/mol. The molecule has 200 valence electrons. The van der Waals surface area contributed by atoms with Crippen LogP contribution in [-0.4, -0.2) is 35.4 Å². The van der Waals surface area contributed by atoms with Crippen molar-refractivity contribution in [1.82, 2.24) is 10.2 Å². The van der Waals surface area contributed by atoms with Crippen LogP contribution >= 0.6 is 15.9 Å². The summed E-state index contributed by atoms with van der Waals surface area (Å²) in [5, 5.41) is 3.16. The number of nitrogens with one attached hydrogen (secondary N) is 1. The summed E-state index contributed by atoms with van der Waals surface area (Å²) >= 11 is 3.52. The van der Waals surface area contributed by atoms with Crippen LogP contribution in [0.1, 0.15) is 49.3 Å². The van der Waals surface area contributed by atoms with Crippen molar-refractivity contribution in [1.29, 1.82) is 0 Å². The highest BCUT2D eigenvalue weighted by molar-refractivity contribution is 9.10. The molecule has 0 bridgehead atoms. The lowest BCUT2D eigenvalue weighted by atomic mass is 10.0. The topological polar surface area (TPSA) is 58.6 Å². The third-order valence-electron chi connectivity index (χ3n) is 7.03. The molecule has 1 fully saturated rings. The van der Waals surface area contributed by atoms with E-state index in [1.807, 2.05) is 48.5 Å². The number of amides is 2. The number of hydrogen-bond acceptors (Lipinski definition) is 3. The van der Waals surface area contributed by atoms with Gasteiger partial charge in [0.2, 0.25) is 5.91 Å². The Morgan fingerprint density at radius 2 is 1.74 bits per heavy atom. The first-order valence-electron chi connectivity index (χ1n) is 13.2. The molecule has 1 aliphatic carbocycles. The molecule has 0 aliphatic heterocycles. The predicted octanol–water partition coefficient (Wildman–Crippen LogP) is 6.23. The van der Waals surface area contributed by atoms with E-state index in [1.54, 1.807) is 18.2 Å². The summed E-state index contributed by atoms with van der Waals surface area (Å²) in [5.41, 5.74) is 2.41. The van der Waals surface area contributed by atoms with Crippen molar-refractivity contribution in [3.8, 4) is 5.75 Å². The van der Waals surface area contributed by atoms with Gasteiger partial charge in [-0.15, -0.1) is 0 Å². The van der Waals surface area contributed by atoms with Crippen molar-refractivity contribution in [2.24, 2.45) is 0 Å². The highest BCUT2D eigenvalue weighted by Gasteiger charge is 2.33. The molecule has 0 saturated heterocycles. The molecule has 5 nitrogen and oxygen atoms in total. The van der Waals surface area contributed by atoms with E-state index in [0.29, 0.717) is 17.7 Å². The van der Waals surface area contributed by atoms with Crippen molar-refractivity contribution in [2.45, 2.75) is 64.1 Å². The zero-order chi connectivity index (χ0) is 26.9. The molecule has 0 radical (unpaired) electrons. The Bertz CT molecular complexity index is 1230. The Balaban J connectivity index is 1.62. The van der Waals surface area contributed by atoms with Gasteiger partial charge >= 0.3 is 0 Å². The van der Waals surface area contributed by atoms with Crippen molar-refractivity contribution in [3.05, 3.63) is 99.8 Å². The first-order chi connectivity index (χ1) is 18.4. The van der Waals surface area contributed by atoms with Gasteiger partial charge in [-0.1, -0.05) is 74.4 Å². The van der Waals surface area contributed by atoms with E-state index in [0.717, 1.165) is 47.7 Å². The summed E-state index contributed by atoms with van der Waals surface area (Å²) in [6.45, 7) is 1.75. The molecule has 1 saturated carbocycles. The normalized spacial score (nSPS) is 14.2. The molecule has 0 heterocycles. The number of benzene rings is 3. The second kappa shape index (κ2) is 13.6. The number of carbonyl (C=O) groups is 2. The van der Waals surface area contributed by atoms with Crippen molar-refractivity contribution in [2.75, 3.05) is 6.61 Å². The minimum atomic E-state index is -0.820. The molecule has 1 N–H and O–H groups in total. The number of hydrogen-bond donors (Lipinski definition) is 1. The maximum absolute atomic E-state index is 14.7. The van der Waals surface area contributed by atoms with Gasteiger partial charge in [0, 0.05) is 24.6 Å². The predicted molar refractivity (Wildman–Crippen MR) is 150 cm³/mol. The molecule has 7 heteroatoms. The number of nitrogens with zero attached hydrogens (tertiary/aromatic N) is 1. The lowest BCUT2D eigenvalue weighted by molar-refractivity contribution is -0.143. The molecule has 4 rings (SSSR count). The lowest BCUT2D eigenvalue weighted by Gasteiger charge is -2.32. The fraction of sp³-hybridized carbons (Fsp3) is 0.355. The molecule has 0 spiro atoms. The third kappa shape index (κ3) is 7.44. The van der Waals surface area contributed by atoms with Gasteiger partial charge < -0.3 is 15.0 Å². The van der Waals surface area contributed by atoms with Gasteiger partial charge in [-0.2, -0.15) is 0 Å². The summed E-state index contributed by atoms with van der Waals surface area (Å²) in [5.74, 6) is -0.490. The maximum atomic E-state index is 14.7. The lowest BCUT2D eigenvalue weighted by Crippen LogP contribution is -2.53. The number of ether oxygens (including phenoxy) is 1. The van der Waals surface area contributed by atoms with Gasteiger partial charge in [-0.25, -0.2) is 4.39 Å². The molecule has 3 aromatic carbocycles. The van der Waals surface area contributed by atoms with Crippen LogP contribution in [0.3, 0.4) is 0 Å². The average Bonchev–Trinajstić information content (AvgIpc) is 3.44. The van der Waals surface area contributed by atoms with E-state index in [1.165, 1.54) is 11.0 Å². The van der Waals surface area contributed by atoms with Crippen LogP contribution in [0.5, 0.6) is 5.75 Å². The van der Waals surface area contributed by atoms with Crippen molar-refractivity contribution < 1.29 is 18.7 Å². The monoisotopic (exact) mass is 580 g/mol. The van der Waals surface area contributed by atoms with Crippen LogP contribution in [0.2, 0.25) is 0 Å². The first-order valence-corrected chi connectivity index (χ1v) is 14.0. The van der Waals surface area contributed by atoms with Gasteiger partial charge in [-0.05, 0) is 64.5 Å². The highest BCUT2D eigenvalue weighted by atomic mass is 79.9. The van der Waals surface area contributed by atoms with E-state index in [-0.39, 0.29) is 31.0 Å². The molecule has 1 unspecified atom stereocenters. The molecule has 38 heavy (non-hydrogen) atoms. The molecular weight excluding hydrogens is 547 g/mol. The van der Waals surface area contributed by atoms with Crippen LogP contribution in [-0.2, 0) is 29.0 Å².